The number of phenolic OH excluding ortho intramolecular Hbond substituents is 1. The quantitative estimate of drug-likeness (QED) is 0.156. The number of amides is 4. The molecule has 0 fully saturated rings. The fraction of sp³-hybridized carbons (Fsp3) is 0.500. The Bertz CT molecular complexity index is 921. The molecule has 194 valence electrons. The van der Waals surface area contributed by atoms with Crippen LogP contribution in [0.25, 0.3) is 0 Å². The van der Waals surface area contributed by atoms with Crippen LogP contribution in [-0.4, -0.2) is 81.2 Å². The standard InChI is InChI=1S/C22H33N5O8/c1-10(18(30)25-12(3)20(32)27-17(13(4)28)22(34)35)24-19(31)11(2)26-21(33)16(23)9-14-5-7-15(29)8-6-14/h5-8,10-13,16-17,28-29H,9,23H2,1-4H3,(H,24,31)(H,25,30)(H,26,33)(H,27,32)(H,34,35)/t10-,11-,12-,13+,16-,17-/m0/s1. The highest BCUT2D eigenvalue weighted by molar-refractivity contribution is 5.95. The molecule has 0 aliphatic heterocycles. The van der Waals surface area contributed by atoms with Gasteiger partial charge in [-0.05, 0) is 51.8 Å². The molecular formula is C22H33N5O8. The molecule has 9 N–H and O–H groups in total. The Labute approximate surface area is 202 Å². The minimum Gasteiger partial charge on any atom is -0.508 e. The lowest BCUT2D eigenvalue weighted by atomic mass is 10.1. The molecule has 13 heteroatoms. The topological polar surface area (TPSA) is 220 Å². The van der Waals surface area contributed by atoms with Gasteiger partial charge in [0.1, 0.15) is 23.9 Å². The van der Waals surface area contributed by atoms with Crippen molar-refractivity contribution in [3.63, 3.8) is 0 Å². The van der Waals surface area contributed by atoms with Crippen LogP contribution in [0.5, 0.6) is 5.75 Å². The average molecular weight is 496 g/mol. The number of carbonyl (C=O) groups is 5. The second-order valence-corrected chi connectivity index (χ2v) is 8.23. The van der Waals surface area contributed by atoms with E-state index in [1.54, 1.807) is 12.1 Å². The third-order valence-electron chi connectivity index (χ3n) is 5.03. The summed E-state index contributed by atoms with van der Waals surface area (Å²) >= 11 is 0. The number of carboxylic acid groups (broad SMARTS) is 1. The maximum absolute atomic E-state index is 12.4. The van der Waals surface area contributed by atoms with Crippen LogP contribution in [0.3, 0.4) is 0 Å². The molecule has 0 aromatic heterocycles. The van der Waals surface area contributed by atoms with Gasteiger partial charge in [-0.1, -0.05) is 12.1 Å². The molecule has 0 unspecified atom stereocenters. The van der Waals surface area contributed by atoms with Gasteiger partial charge in [0.15, 0.2) is 6.04 Å². The highest BCUT2D eigenvalue weighted by atomic mass is 16.4. The van der Waals surface area contributed by atoms with Crippen molar-refractivity contribution in [3.8, 4) is 5.75 Å². The number of nitrogens with two attached hydrogens (primary N) is 1. The summed E-state index contributed by atoms with van der Waals surface area (Å²) in [5, 5.41) is 37.1. The van der Waals surface area contributed by atoms with Crippen molar-refractivity contribution in [3.05, 3.63) is 29.8 Å². The van der Waals surface area contributed by atoms with Gasteiger partial charge in [-0.2, -0.15) is 0 Å². The minimum atomic E-state index is -1.55. The van der Waals surface area contributed by atoms with Crippen molar-refractivity contribution >= 4 is 29.6 Å². The van der Waals surface area contributed by atoms with Crippen molar-refractivity contribution in [2.75, 3.05) is 0 Å². The average Bonchev–Trinajstić information content (AvgIpc) is 2.77. The maximum Gasteiger partial charge on any atom is 0.328 e. The highest BCUT2D eigenvalue weighted by Gasteiger charge is 2.29. The first-order chi connectivity index (χ1) is 16.2. The van der Waals surface area contributed by atoms with Gasteiger partial charge in [-0.3, -0.25) is 19.2 Å². The number of carboxylic acids is 1. The van der Waals surface area contributed by atoms with Crippen molar-refractivity contribution in [1.29, 1.82) is 0 Å². The van der Waals surface area contributed by atoms with E-state index in [2.05, 4.69) is 21.3 Å². The normalized spacial score (nSPS) is 15.9. The lowest BCUT2D eigenvalue weighted by Gasteiger charge is -2.23. The molecule has 0 saturated carbocycles. The first kappa shape index (κ1) is 29.3. The molecule has 0 saturated heterocycles. The van der Waals surface area contributed by atoms with Crippen LogP contribution in [0.15, 0.2) is 24.3 Å². The third kappa shape index (κ3) is 9.59. The number of aromatic hydroxyl groups is 1. The summed E-state index contributed by atoms with van der Waals surface area (Å²) in [6.45, 7) is 5.27. The molecule has 0 radical (unpaired) electrons. The molecule has 0 spiro atoms. The van der Waals surface area contributed by atoms with Crippen LogP contribution in [-0.2, 0) is 30.4 Å². The second kappa shape index (κ2) is 13.2. The summed E-state index contributed by atoms with van der Waals surface area (Å²) in [4.78, 5) is 60.2. The first-order valence-corrected chi connectivity index (χ1v) is 10.9. The number of carbonyl (C=O) groups excluding carboxylic acids is 4. The van der Waals surface area contributed by atoms with Gasteiger partial charge in [0.05, 0.1) is 12.1 Å². The Hall–Kier alpha value is -3.71. The summed E-state index contributed by atoms with van der Waals surface area (Å²) in [6, 6.07) is 0.391. The number of hydrogen-bond acceptors (Lipinski definition) is 8. The van der Waals surface area contributed by atoms with Crippen LogP contribution in [0.2, 0.25) is 0 Å². The number of aliphatic hydroxyl groups is 1. The van der Waals surface area contributed by atoms with Crippen LogP contribution < -0.4 is 27.0 Å². The van der Waals surface area contributed by atoms with Gasteiger partial charge in [-0.25, -0.2) is 4.79 Å². The zero-order chi connectivity index (χ0) is 26.9. The van der Waals surface area contributed by atoms with Gasteiger partial charge in [0.2, 0.25) is 23.6 Å². The van der Waals surface area contributed by atoms with Gasteiger partial charge < -0.3 is 42.3 Å². The molecule has 35 heavy (non-hydrogen) atoms. The summed E-state index contributed by atoms with van der Waals surface area (Å²) in [5.74, 6) is -4.19. The maximum atomic E-state index is 12.4. The van der Waals surface area contributed by atoms with Crippen molar-refractivity contribution in [2.24, 2.45) is 5.73 Å². The van der Waals surface area contributed by atoms with Gasteiger partial charge in [0, 0.05) is 0 Å². The molecule has 0 bridgehead atoms. The van der Waals surface area contributed by atoms with Crippen molar-refractivity contribution < 1.29 is 39.3 Å². The fourth-order valence-electron chi connectivity index (χ4n) is 2.84. The van der Waals surface area contributed by atoms with E-state index in [0.29, 0.717) is 5.56 Å². The lowest BCUT2D eigenvalue weighted by molar-refractivity contribution is -0.145. The molecule has 13 nitrogen and oxygen atoms in total. The van der Waals surface area contributed by atoms with E-state index in [-0.39, 0.29) is 12.2 Å². The smallest absolute Gasteiger partial charge is 0.328 e. The number of nitrogens with one attached hydrogen (secondary N) is 4. The number of benzene rings is 1. The third-order valence-corrected chi connectivity index (χ3v) is 5.03. The molecule has 0 heterocycles. The van der Waals surface area contributed by atoms with E-state index in [9.17, 15) is 34.2 Å². The molecular weight excluding hydrogens is 462 g/mol. The molecule has 1 aromatic rings. The SMILES string of the molecule is C[C@H](NC(=O)[C@H](C)NC(=O)[C@@H](N)Cc1ccc(O)cc1)C(=O)N[C@@H](C)C(=O)N[C@H](C(=O)O)[C@@H](C)O. The zero-order valence-electron chi connectivity index (χ0n) is 19.9. The number of rotatable bonds is 12. The zero-order valence-corrected chi connectivity index (χ0v) is 19.9. The summed E-state index contributed by atoms with van der Waals surface area (Å²) < 4.78 is 0. The van der Waals surface area contributed by atoms with Gasteiger partial charge >= 0.3 is 5.97 Å². The second-order valence-electron chi connectivity index (χ2n) is 8.23. The molecule has 1 rings (SSSR count). The Balaban J connectivity index is 2.55. The Kier molecular flexibility index (Phi) is 11.1. The Morgan fingerprint density at radius 2 is 1.17 bits per heavy atom. The van der Waals surface area contributed by atoms with Crippen LogP contribution >= 0.6 is 0 Å². The Morgan fingerprint density at radius 1 is 0.771 bits per heavy atom. The monoisotopic (exact) mass is 495 g/mol. The predicted molar refractivity (Wildman–Crippen MR) is 124 cm³/mol. The highest BCUT2D eigenvalue weighted by Crippen LogP contribution is 2.11. The molecule has 6 atom stereocenters. The summed E-state index contributed by atoms with van der Waals surface area (Å²) in [7, 11) is 0. The lowest BCUT2D eigenvalue weighted by Crippen LogP contribution is -2.57. The molecule has 0 aliphatic rings. The van der Waals surface area contributed by atoms with Crippen LogP contribution in [0.4, 0.5) is 0 Å². The largest absolute Gasteiger partial charge is 0.508 e. The minimum absolute atomic E-state index is 0.0782. The van der Waals surface area contributed by atoms with Gasteiger partial charge in [-0.15, -0.1) is 0 Å². The summed E-state index contributed by atoms with van der Waals surface area (Å²) in [6.07, 6.45) is -1.18. The van der Waals surface area contributed by atoms with E-state index >= 15 is 0 Å². The molecule has 1 aromatic carbocycles. The summed E-state index contributed by atoms with van der Waals surface area (Å²) in [5.41, 5.74) is 6.60. The number of phenols is 1. The van der Waals surface area contributed by atoms with Crippen LogP contribution in [0.1, 0.15) is 33.3 Å². The van der Waals surface area contributed by atoms with Crippen molar-refractivity contribution in [1.82, 2.24) is 21.3 Å². The van der Waals surface area contributed by atoms with E-state index in [1.165, 1.54) is 39.8 Å². The van der Waals surface area contributed by atoms with E-state index in [0.717, 1.165) is 0 Å². The molecule has 0 aliphatic carbocycles. The van der Waals surface area contributed by atoms with E-state index in [1.807, 2.05) is 0 Å². The molecule has 4 amide bonds. The fourth-order valence-corrected chi connectivity index (χ4v) is 2.84. The predicted octanol–water partition coefficient (Wildman–Crippen LogP) is -2.27. The van der Waals surface area contributed by atoms with Crippen molar-refractivity contribution in [2.45, 2.75) is 70.4 Å². The van der Waals surface area contributed by atoms with E-state index < -0.39 is 65.9 Å². The number of hydrogen-bond donors (Lipinski definition) is 8. The van der Waals surface area contributed by atoms with E-state index in [4.69, 9.17) is 10.8 Å². The number of aliphatic carboxylic acids is 1. The number of aliphatic hydroxyl groups excluding tert-OH is 1. The van der Waals surface area contributed by atoms with Crippen LogP contribution in [0, 0.1) is 0 Å². The first-order valence-electron chi connectivity index (χ1n) is 10.9. The Morgan fingerprint density at radius 3 is 1.57 bits per heavy atom. The van der Waals surface area contributed by atoms with Gasteiger partial charge in [0.25, 0.3) is 0 Å².